The van der Waals surface area contributed by atoms with Crippen molar-refractivity contribution >= 4 is 11.6 Å². The maximum absolute atomic E-state index is 6.68. The first kappa shape index (κ1) is 14.1. The molecule has 1 unspecified atom stereocenters. The Morgan fingerprint density at radius 3 is 2.24 bits per heavy atom. The van der Waals surface area contributed by atoms with Crippen LogP contribution in [0, 0.1) is 36.5 Å². The van der Waals surface area contributed by atoms with Crippen molar-refractivity contribution in [3.8, 4) is 0 Å². The van der Waals surface area contributed by atoms with E-state index in [1.54, 1.807) is 4.68 Å². The molecule has 4 fully saturated rings. The number of nitrogens with two attached hydrogens (primary N) is 1. The van der Waals surface area contributed by atoms with Crippen LogP contribution in [-0.2, 0) is 13.5 Å². The summed E-state index contributed by atoms with van der Waals surface area (Å²) in [4.78, 5) is 0. The van der Waals surface area contributed by atoms with Crippen molar-refractivity contribution in [2.24, 2.45) is 42.4 Å². The molecule has 0 aromatic carbocycles. The monoisotopic (exact) mass is 307 g/mol. The maximum atomic E-state index is 6.68. The molecule has 0 saturated heterocycles. The van der Waals surface area contributed by atoms with Crippen molar-refractivity contribution < 1.29 is 0 Å². The highest BCUT2D eigenvalue weighted by Gasteiger charge is 2.49. The smallest absolute Gasteiger partial charge is 0.130 e. The van der Waals surface area contributed by atoms with E-state index in [0.29, 0.717) is 5.92 Å². The highest BCUT2D eigenvalue weighted by molar-refractivity contribution is 6.30. The summed E-state index contributed by atoms with van der Waals surface area (Å²) in [6.07, 6.45) is 8.14. The summed E-state index contributed by atoms with van der Waals surface area (Å²) in [5.41, 5.74) is 8.89. The lowest BCUT2D eigenvalue weighted by molar-refractivity contribution is -0.0465. The first-order chi connectivity index (χ1) is 10.0. The minimum absolute atomic E-state index is 0.250. The van der Waals surface area contributed by atoms with Gasteiger partial charge in [-0.05, 0) is 75.0 Å². The van der Waals surface area contributed by atoms with Crippen LogP contribution in [0.1, 0.15) is 43.4 Å². The first-order valence-corrected chi connectivity index (χ1v) is 8.84. The standard InChI is InChI=1S/C17H26ClN3/c1-9-14(17(18)21(2)20-9)8-15(19)16-12-4-10-3-11(6-12)7-13(16)5-10/h10-13,15-16H,3-8,19H2,1-2H3. The zero-order chi connectivity index (χ0) is 14.7. The fraction of sp³-hybridized carbons (Fsp3) is 0.824. The number of halogens is 1. The zero-order valence-electron chi connectivity index (χ0n) is 13.1. The Bertz CT molecular complexity index is 522. The van der Waals surface area contributed by atoms with Gasteiger partial charge in [0.1, 0.15) is 5.15 Å². The lowest BCUT2D eigenvalue weighted by Gasteiger charge is -2.56. The predicted molar refractivity (Wildman–Crippen MR) is 85.2 cm³/mol. The molecule has 4 aliphatic rings. The van der Waals surface area contributed by atoms with Crippen molar-refractivity contribution in [2.45, 2.75) is 51.5 Å². The van der Waals surface area contributed by atoms with Gasteiger partial charge in [-0.25, -0.2) is 0 Å². The van der Waals surface area contributed by atoms with E-state index < -0.39 is 0 Å². The molecule has 0 radical (unpaired) electrons. The third-order valence-corrected chi connectivity index (χ3v) is 6.98. The Kier molecular flexibility index (Phi) is 3.34. The number of hydrogen-bond acceptors (Lipinski definition) is 2. The van der Waals surface area contributed by atoms with Crippen LogP contribution in [-0.4, -0.2) is 15.8 Å². The summed E-state index contributed by atoms with van der Waals surface area (Å²) in [6, 6.07) is 0.250. The van der Waals surface area contributed by atoms with Crippen LogP contribution in [0.3, 0.4) is 0 Å². The molecule has 1 atom stereocenters. The molecule has 5 rings (SSSR count). The Morgan fingerprint density at radius 2 is 1.76 bits per heavy atom. The minimum Gasteiger partial charge on any atom is -0.327 e. The third kappa shape index (κ3) is 2.24. The van der Waals surface area contributed by atoms with E-state index >= 15 is 0 Å². The van der Waals surface area contributed by atoms with E-state index in [2.05, 4.69) is 5.10 Å². The number of hydrogen-bond donors (Lipinski definition) is 1. The molecule has 4 saturated carbocycles. The van der Waals surface area contributed by atoms with E-state index in [9.17, 15) is 0 Å². The lowest BCUT2D eigenvalue weighted by atomic mass is 9.50. The molecule has 4 bridgehead atoms. The van der Waals surface area contributed by atoms with E-state index in [0.717, 1.165) is 40.9 Å². The molecule has 4 aliphatic carbocycles. The molecule has 0 spiro atoms. The van der Waals surface area contributed by atoms with E-state index in [1.807, 2.05) is 14.0 Å². The fourth-order valence-corrected chi connectivity index (χ4v) is 6.20. The maximum Gasteiger partial charge on any atom is 0.130 e. The Hall–Kier alpha value is -0.540. The summed E-state index contributed by atoms with van der Waals surface area (Å²) in [7, 11) is 1.91. The van der Waals surface area contributed by atoms with E-state index in [1.165, 1.54) is 37.7 Å². The van der Waals surface area contributed by atoms with E-state index in [4.69, 9.17) is 17.3 Å². The van der Waals surface area contributed by atoms with Gasteiger partial charge in [0.2, 0.25) is 0 Å². The van der Waals surface area contributed by atoms with Gasteiger partial charge in [-0.3, -0.25) is 4.68 Å². The Morgan fingerprint density at radius 1 is 1.19 bits per heavy atom. The van der Waals surface area contributed by atoms with Crippen molar-refractivity contribution in [3.63, 3.8) is 0 Å². The fourth-order valence-electron chi connectivity index (χ4n) is 5.94. The van der Waals surface area contributed by atoms with Gasteiger partial charge in [0.05, 0.1) is 5.69 Å². The predicted octanol–water partition coefficient (Wildman–Crippen LogP) is 3.32. The number of aryl methyl sites for hydroxylation is 2. The molecule has 1 heterocycles. The van der Waals surface area contributed by atoms with Crippen LogP contribution in [0.15, 0.2) is 0 Å². The van der Waals surface area contributed by atoms with Gasteiger partial charge in [-0.1, -0.05) is 11.6 Å². The summed E-state index contributed by atoms with van der Waals surface area (Å²) >= 11 is 6.39. The second-order valence-corrected chi connectivity index (χ2v) is 8.21. The van der Waals surface area contributed by atoms with Gasteiger partial charge < -0.3 is 5.73 Å². The second-order valence-electron chi connectivity index (χ2n) is 7.85. The van der Waals surface area contributed by atoms with Crippen LogP contribution < -0.4 is 5.73 Å². The summed E-state index contributed by atoms with van der Waals surface area (Å²) in [5.74, 6) is 4.51. The number of nitrogens with zero attached hydrogens (tertiary/aromatic N) is 2. The lowest BCUT2D eigenvalue weighted by Crippen LogP contribution is -2.52. The molecule has 3 nitrogen and oxygen atoms in total. The summed E-state index contributed by atoms with van der Waals surface area (Å²) in [6.45, 7) is 2.05. The SMILES string of the molecule is Cc1nn(C)c(Cl)c1CC(N)C1C2CC3CC(C2)CC1C3. The molecule has 4 heteroatoms. The van der Waals surface area contributed by atoms with Crippen LogP contribution in [0.5, 0.6) is 0 Å². The summed E-state index contributed by atoms with van der Waals surface area (Å²) < 4.78 is 1.77. The number of rotatable bonds is 3. The third-order valence-electron chi connectivity index (χ3n) is 6.50. The van der Waals surface area contributed by atoms with Gasteiger partial charge in [0.15, 0.2) is 0 Å². The molecular weight excluding hydrogens is 282 g/mol. The zero-order valence-corrected chi connectivity index (χ0v) is 13.8. The average Bonchev–Trinajstić information content (AvgIpc) is 2.64. The number of aromatic nitrogens is 2. The van der Waals surface area contributed by atoms with Crippen LogP contribution in [0.2, 0.25) is 5.15 Å². The summed E-state index contributed by atoms with van der Waals surface area (Å²) in [5, 5.41) is 5.20. The minimum atomic E-state index is 0.250. The van der Waals surface area contributed by atoms with Crippen LogP contribution in [0.25, 0.3) is 0 Å². The normalized spacial score (nSPS) is 39.0. The molecule has 1 aromatic rings. The Balaban J connectivity index is 1.54. The van der Waals surface area contributed by atoms with Crippen molar-refractivity contribution in [1.29, 1.82) is 0 Å². The Labute approximate surface area is 132 Å². The van der Waals surface area contributed by atoms with Crippen LogP contribution in [0.4, 0.5) is 0 Å². The molecule has 21 heavy (non-hydrogen) atoms. The highest BCUT2D eigenvalue weighted by Crippen LogP contribution is 2.57. The average molecular weight is 308 g/mol. The highest BCUT2D eigenvalue weighted by atomic mass is 35.5. The molecule has 0 amide bonds. The molecule has 2 N–H and O–H groups in total. The van der Waals surface area contributed by atoms with Crippen molar-refractivity contribution in [2.75, 3.05) is 0 Å². The van der Waals surface area contributed by atoms with Gasteiger partial charge in [-0.15, -0.1) is 0 Å². The van der Waals surface area contributed by atoms with Gasteiger partial charge >= 0.3 is 0 Å². The molecule has 1 aromatic heterocycles. The van der Waals surface area contributed by atoms with E-state index in [-0.39, 0.29) is 6.04 Å². The molecule has 116 valence electrons. The van der Waals surface area contributed by atoms with Crippen molar-refractivity contribution in [1.82, 2.24) is 9.78 Å². The second kappa shape index (κ2) is 4.99. The largest absolute Gasteiger partial charge is 0.327 e. The van der Waals surface area contributed by atoms with Gasteiger partial charge in [0.25, 0.3) is 0 Å². The molecular formula is C17H26ClN3. The topological polar surface area (TPSA) is 43.8 Å². The van der Waals surface area contributed by atoms with Gasteiger partial charge in [-0.2, -0.15) is 5.10 Å². The first-order valence-electron chi connectivity index (χ1n) is 8.46. The van der Waals surface area contributed by atoms with Crippen molar-refractivity contribution in [3.05, 3.63) is 16.4 Å². The van der Waals surface area contributed by atoms with Gasteiger partial charge in [0, 0.05) is 18.7 Å². The van der Waals surface area contributed by atoms with Crippen LogP contribution >= 0.6 is 11.6 Å². The molecule has 0 aliphatic heterocycles. The quantitative estimate of drug-likeness (QED) is 0.931.